The molecule has 0 aliphatic rings. The van der Waals surface area contributed by atoms with Gasteiger partial charge in [0, 0.05) is 39.3 Å². The molecule has 4 nitrogen and oxygen atoms in total. The maximum atomic E-state index is 6.55. The molecule has 1 heterocycles. The minimum absolute atomic E-state index is 0.447. The van der Waals surface area contributed by atoms with Gasteiger partial charge in [0.15, 0.2) is 5.75 Å². The molecule has 9 rings (SSSR count). The van der Waals surface area contributed by atoms with E-state index < -0.39 is 0 Å². The Balaban J connectivity index is 1.11. The molecule has 1 aromatic heterocycles. The van der Waals surface area contributed by atoms with E-state index in [1.807, 2.05) is 42.5 Å². The number of benzene rings is 8. The molecule has 0 atom stereocenters. The summed E-state index contributed by atoms with van der Waals surface area (Å²) >= 11 is 0. The number of furan rings is 1. The van der Waals surface area contributed by atoms with E-state index in [1.165, 1.54) is 0 Å². The standard InChI is InChI=1S/C45H32N2O2/c46-41-26-21-33-17-15-32-16-18-34(27-40(32)44(33)45(41)48-29-30-9-3-1-4-10-30)31-19-22-36(23-20-31)47(35-11-5-2-6-12-35)37-24-25-39-38-13-7-8-14-42(38)49-43(39)28-37/h1-28H,29,46H2. The Morgan fingerprint density at radius 2 is 1.12 bits per heavy atom. The van der Waals surface area contributed by atoms with Crippen LogP contribution in [0.5, 0.6) is 5.75 Å². The van der Waals surface area contributed by atoms with Gasteiger partial charge in [-0.05, 0) is 87.4 Å². The Kier molecular flexibility index (Phi) is 6.98. The lowest BCUT2D eigenvalue weighted by molar-refractivity contribution is 0.312. The maximum absolute atomic E-state index is 6.55. The number of nitrogens with zero attached hydrogens (tertiary/aromatic N) is 1. The van der Waals surface area contributed by atoms with Gasteiger partial charge in [0.25, 0.3) is 0 Å². The van der Waals surface area contributed by atoms with Crippen molar-refractivity contribution in [2.45, 2.75) is 6.61 Å². The molecule has 9 aromatic rings. The first-order valence-electron chi connectivity index (χ1n) is 16.5. The third kappa shape index (κ3) is 5.20. The van der Waals surface area contributed by atoms with Crippen LogP contribution in [0.2, 0.25) is 0 Å². The van der Waals surface area contributed by atoms with E-state index in [-0.39, 0.29) is 0 Å². The van der Waals surface area contributed by atoms with Crippen LogP contribution in [0, 0.1) is 0 Å². The summed E-state index contributed by atoms with van der Waals surface area (Å²) in [4.78, 5) is 2.27. The Morgan fingerprint density at radius 3 is 1.96 bits per heavy atom. The van der Waals surface area contributed by atoms with Crippen LogP contribution in [0.15, 0.2) is 174 Å². The highest BCUT2D eigenvalue weighted by Gasteiger charge is 2.16. The Hall–Kier alpha value is -6.52. The average Bonchev–Trinajstić information content (AvgIpc) is 3.53. The minimum atomic E-state index is 0.447. The number of rotatable bonds is 7. The smallest absolute Gasteiger partial charge is 0.151 e. The summed E-state index contributed by atoms with van der Waals surface area (Å²) in [5.41, 5.74) is 15.4. The summed E-state index contributed by atoms with van der Waals surface area (Å²) in [5, 5.41) is 6.61. The van der Waals surface area contributed by atoms with E-state index in [2.05, 4.69) is 132 Å². The molecule has 2 N–H and O–H groups in total. The fourth-order valence-corrected chi connectivity index (χ4v) is 6.87. The third-order valence-corrected chi connectivity index (χ3v) is 9.31. The number of nitrogen functional groups attached to an aromatic ring is 1. The van der Waals surface area contributed by atoms with Gasteiger partial charge in [-0.25, -0.2) is 0 Å². The number of hydrogen-bond acceptors (Lipinski definition) is 4. The molecule has 0 bridgehead atoms. The summed E-state index contributed by atoms with van der Waals surface area (Å²) in [6.07, 6.45) is 0. The van der Waals surface area contributed by atoms with Crippen molar-refractivity contribution >= 4 is 66.2 Å². The predicted octanol–water partition coefficient (Wildman–Crippen LogP) is 12.2. The quantitative estimate of drug-likeness (QED) is 0.140. The molecule has 8 aromatic carbocycles. The zero-order chi connectivity index (χ0) is 32.7. The van der Waals surface area contributed by atoms with Gasteiger partial charge in [-0.15, -0.1) is 0 Å². The predicted molar refractivity (Wildman–Crippen MR) is 204 cm³/mol. The van der Waals surface area contributed by atoms with E-state index >= 15 is 0 Å². The molecule has 4 heteroatoms. The lowest BCUT2D eigenvalue weighted by atomic mass is 9.96. The van der Waals surface area contributed by atoms with Gasteiger partial charge < -0.3 is 19.8 Å². The molecule has 0 fully saturated rings. The maximum Gasteiger partial charge on any atom is 0.151 e. The molecule has 0 aliphatic heterocycles. The Labute approximate surface area is 284 Å². The van der Waals surface area contributed by atoms with Gasteiger partial charge >= 0.3 is 0 Å². The van der Waals surface area contributed by atoms with Gasteiger partial charge in [0.05, 0.1) is 5.69 Å². The first-order chi connectivity index (χ1) is 24.2. The first-order valence-corrected chi connectivity index (χ1v) is 16.5. The molecular formula is C45H32N2O2. The van der Waals surface area contributed by atoms with Crippen molar-refractivity contribution in [2.75, 3.05) is 10.6 Å². The highest BCUT2D eigenvalue weighted by atomic mass is 16.5. The van der Waals surface area contributed by atoms with Gasteiger partial charge in [0.1, 0.15) is 17.8 Å². The van der Waals surface area contributed by atoms with E-state index in [0.29, 0.717) is 12.3 Å². The van der Waals surface area contributed by atoms with Crippen LogP contribution in [0.4, 0.5) is 22.7 Å². The van der Waals surface area contributed by atoms with Crippen molar-refractivity contribution in [1.29, 1.82) is 0 Å². The van der Waals surface area contributed by atoms with Crippen molar-refractivity contribution in [2.24, 2.45) is 0 Å². The lowest BCUT2D eigenvalue weighted by Gasteiger charge is -2.25. The summed E-state index contributed by atoms with van der Waals surface area (Å²) in [6.45, 7) is 0.447. The summed E-state index contributed by atoms with van der Waals surface area (Å²) in [6, 6.07) is 59.0. The third-order valence-electron chi connectivity index (χ3n) is 9.31. The van der Waals surface area contributed by atoms with Crippen molar-refractivity contribution in [3.63, 3.8) is 0 Å². The van der Waals surface area contributed by atoms with Crippen LogP contribution in [0.1, 0.15) is 5.56 Å². The van der Waals surface area contributed by atoms with Crippen molar-refractivity contribution < 1.29 is 9.15 Å². The van der Waals surface area contributed by atoms with Crippen LogP contribution in [0.25, 0.3) is 54.6 Å². The number of ether oxygens (including phenoxy) is 1. The summed E-state index contributed by atoms with van der Waals surface area (Å²) < 4.78 is 12.7. The van der Waals surface area contributed by atoms with E-state index in [4.69, 9.17) is 14.9 Å². The molecule has 234 valence electrons. The number of fused-ring (bicyclic) bond motifs is 6. The monoisotopic (exact) mass is 632 g/mol. The fourth-order valence-electron chi connectivity index (χ4n) is 6.87. The van der Waals surface area contributed by atoms with Crippen LogP contribution in [0.3, 0.4) is 0 Å². The molecule has 0 saturated heterocycles. The van der Waals surface area contributed by atoms with Crippen molar-refractivity contribution in [3.05, 3.63) is 175 Å². The molecule has 0 spiro atoms. The van der Waals surface area contributed by atoms with E-state index in [9.17, 15) is 0 Å². The van der Waals surface area contributed by atoms with Crippen LogP contribution < -0.4 is 15.4 Å². The SMILES string of the molecule is Nc1ccc2ccc3ccc(-c4ccc(N(c5ccccc5)c5ccc6c(c5)oc5ccccc56)cc4)cc3c2c1OCc1ccccc1. The second-order valence-electron chi connectivity index (χ2n) is 12.4. The molecule has 0 saturated carbocycles. The lowest BCUT2D eigenvalue weighted by Crippen LogP contribution is -2.09. The number of anilines is 4. The second-order valence-corrected chi connectivity index (χ2v) is 12.4. The van der Waals surface area contributed by atoms with Crippen LogP contribution >= 0.6 is 0 Å². The number of nitrogens with two attached hydrogens (primary N) is 1. The summed E-state index contributed by atoms with van der Waals surface area (Å²) in [5.74, 6) is 0.722. The van der Waals surface area contributed by atoms with Crippen molar-refractivity contribution in [3.8, 4) is 16.9 Å². The van der Waals surface area contributed by atoms with Gasteiger partial charge in [-0.1, -0.05) is 109 Å². The second kappa shape index (κ2) is 11.9. The highest BCUT2D eigenvalue weighted by Crippen LogP contribution is 2.41. The number of hydrogen-bond donors (Lipinski definition) is 1. The molecule has 49 heavy (non-hydrogen) atoms. The highest BCUT2D eigenvalue weighted by molar-refractivity contribution is 6.13. The molecule has 0 unspecified atom stereocenters. The van der Waals surface area contributed by atoms with Crippen molar-refractivity contribution in [1.82, 2.24) is 0 Å². The number of para-hydroxylation sites is 2. The summed E-state index contributed by atoms with van der Waals surface area (Å²) in [7, 11) is 0. The van der Waals surface area contributed by atoms with Crippen LogP contribution in [-0.4, -0.2) is 0 Å². The minimum Gasteiger partial charge on any atom is -0.486 e. The first kappa shape index (κ1) is 28.7. The molecule has 0 radical (unpaired) electrons. The normalized spacial score (nSPS) is 11.4. The average molecular weight is 633 g/mol. The molecule has 0 aliphatic carbocycles. The zero-order valence-corrected chi connectivity index (χ0v) is 26.7. The topological polar surface area (TPSA) is 51.6 Å². The zero-order valence-electron chi connectivity index (χ0n) is 26.7. The van der Waals surface area contributed by atoms with Gasteiger partial charge in [0.2, 0.25) is 0 Å². The Morgan fingerprint density at radius 1 is 0.490 bits per heavy atom. The Bertz CT molecular complexity index is 2610. The largest absolute Gasteiger partial charge is 0.486 e. The fraction of sp³-hybridized carbons (Fsp3) is 0.0222. The van der Waals surface area contributed by atoms with Crippen LogP contribution in [-0.2, 0) is 6.61 Å². The van der Waals surface area contributed by atoms with Gasteiger partial charge in [-0.3, -0.25) is 0 Å². The van der Waals surface area contributed by atoms with E-state index in [0.717, 1.165) is 83.0 Å². The van der Waals surface area contributed by atoms with Gasteiger partial charge in [-0.2, -0.15) is 0 Å². The molecular weight excluding hydrogens is 601 g/mol. The van der Waals surface area contributed by atoms with E-state index in [1.54, 1.807) is 0 Å². The molecule has 0 amide bonds.